The Hall–Kier alpha value is -5.70. The molecule has 3 fully saturated rings. The average molecular weight is 828 g/mol. The number of phenolic OH excluding ortho intramolecular Hbond substituents is 1. The molecule has 316 valence electrons. The third-order valence-electron chi connectivity index (χ3n) is 11.3. The highest BCUT2D eigenvalue weighted by Gasteiger charge is 2.38. The van der Waals surface area contributed by atoms with Crippen LogP contribution in [0.25, 0.3) is 10.9 Å². The van der Waals surface area contributed by atoms with Crippen molar-refractivity contribution in [2.45, 2.75) is 63.0 Å². The average Bonchev–Trinajstić information content (AvgIpc) is 3.25. The van der Waals surface area contributed by atoms with Crippen molar-refractivity contribution in [2.75, 3.05) is 39.3 Å². The van der Waals surface area contributed by atoms with E-state index < -0.39 is 29.4 Å². The Kier molecular flexibility index (Phi) is 13.5. The molecular weight excluding hydrogens is 780 g/mol. The van der Waals surface area contributed by atoms with Crippen molar-refractivity contribution >= 4 is 22.8 Å². The van der Waals surface area contributed by atoms with Crippen LogP contribution in [0.5, 0.6) is 11.5 Å². The standard InChI is InChI=1S/C46H48F3N3O8/c47-46(48,49)38-23-29(11-12-36(38)45(57)58-22-5-4-19-50-26-40(54)34-13-15-39(53)44-35(34)14-16-42(55)51-44)28-59-33-10-6-9-32(24-33)37(30-7-2-1-3-8-30)25-43(56)60-41-27-52-20-17-31(41)18-21-52/h1-3,6-16,23-24,31,37,40-41,50,53-54H,4-5,17-22,25-28H2,(H,51,55)/t37-,40-,41-/m0/s1. The van der Waals surface area contributed by atoms with E-state index in [2.05, 4.69) is 15.2 Å². The number of aliphatic hydroxyl groups excluding tert-OH is 1. The van der Waals surface area contributed by atoms with Gasteiger partial charge in [-0.1, -0.05) is 54.6 Å². The second-order valence-electron chi connectivity index (χ2n) is 15.4. The van der Waals surface area contributed by atoms with Gasteiger partial charge in [-0.3, -0.25) is 14.5 Å². The Morgan fingerprint density at radius 3 is 2.45 bits per heavy atom. The molecule has 4 N–H and O–H groups in total. The second kappa shape index (κ2) is 19.1. The number of nitrogens with one attached hydrogen (secondary N) is 2. The lowest BCUT2D eigenvalue weighted by molar-refractivity contribution is -0.159. The predicted octanol–water partition coefficient (Wildman–Crippen LogP) is 7.25. The minimum absolute atomic E-state index is 0.112. The largest absolute Gasteiger partial charge is 0.506 e. The molecule has 3 aliphatic heterocycles. The summed E-state index contributed by atoms with van der Waals surface area (Å²) in [7, 11) is 0. The number of pyridine rings is 1. The zero-order valence-electron chi connectivity index (χ0n) is 33.0. The number of alkyl halides is 3. The van der Waals surface area contributed by atoms with E-state index in [1.54, 1.807) is 24.3 Å². The summed E-state index contributed by atoms with van der Waals surface area (Å²) in [6, 6.07) is 25.9. The van der Waals surface area contributed by atoms with Crippen molar-refractivity contribution in [1.82, 2.24) is 15.2 Å². The molecule has 60 heavy (non-hydrogen) atoms. The van der Waals surface area contributed by atoms with Gasteiger partial charge in [0.15, 0.2) is 0 Å². The highest BCUT2D eigenvalue weighted by molar-refractivity contribution is 5.91. The maximum absolute atomic E-state index is 14.2. The summed E-state index contributed by atoms with van der Waals surface area (Å²) in [4.78, 5) is 42.7. The number of aliphatic hydroxyl groups is 1. The van der Waals surface area contributed by atoms with Gasteiger partial charge in [-0.2, -0.15) is 13.2 Å². The fourth-order valence-corrected chi connectivity index (χ4v) is 8.12. The van der Waals surface area contributed by atoms with E-state index in [1.807, 2.05) is 36.4 Å². The number of hydrogen-bond donors (Lipinski definition) is 4. The van der Waals surface area contributed by atoms with E-state index in [-0.39, 0.29) is 66.6 Å². The van der Waals surface area contributed by atoms with Crippen LogP contribution in [0, 0.1) is 5.92 Å². The molecular formula is C46H48F3N3O8. The van der Waals surface area contributed by atoms with E-state index in [4.69, 9.17) is 14.2 Å². The number of carbonyl (C=O) groups excluding carboxylic acids is 2. The number of phenols is 1. The van der Waals surface area contributed by atoms with Crippen LogP contribution in [0.3, 0.4) is 0 Å². The fourth-order valence-electron chi connectivity index (χ4n) is 8.12. The smallest absolute Gasteiger partial charge is 0.417 e. The van der Waals surface area contributed by atoms with Crippen LogP contribution in [0.1, 0.15) is 82.3 Å². The lowest BCUT2D eigenvalue weighted by atomic mass is 9.85. The molecule has 0 aliphatic carbocycles. The molecule has 4 aromatic carbocycles. The number of halogens is 3. The summed E-state index contributed by atoms with van der Waals surface area (Å²) < 4.78 is 59.9. The van der Waals surface area contributed by atoms with E-state index >= 15 is 0 Å². The maximum Gasteiger partial charge on any atom is 0.417 e. The molecule has 4 heterocycles. The first-order chi connectivity index (χ1) is 28.9. The minimum Gasteiger partial charge on any atom is -0.506 e. The summed E-state index contributed by atoms with van der Waals surface area (Å²) >= 11 is 0. The van der Waals surface area contributed by atoms with E-state index in [9.17, 15) is 37.8 Å². The van der Waals surface area contributed by atoms with Gasteiger partial charge in [0, 0.05) is 30.5 Å². The van der Waals surface area contributed by atoms with E-state index in [0.29, 0.717) is 42.0 Å². The first-order valence-electron chi connectivity index (χ1n) is 20.2. The number of fused-ring (bicyclic) bond motifs is 4. The number of aromatic amines is 1. The van der Waals surface area contributed by atoms with Gasteiger partial charge in [0.2, 0.25) is 5.56 Å². The number of nitrogens with zero attached hydrogens (tertiary/aromatic N) is 1. The molecule has 0 spiro atoms. The molecule has 0 unspecified atom stereocenters. The molecule has 0 radical (unpaired) electrons. The normalized spacial score (nSPS) is 18.5. The lowest BCUT2D eigenvalue weighted by Gasteiger charge is -2.44. The predicted molar refractivity (Wildman–Crippen MR) is 218 cm³/mol. The maximum atomic E-state index is 14.2. The van der Waals surface area contributed by atoms with Gasteiger partial charge in [0.05, 0.1) is 35.8 Å². The number of H-pyrrole nitrogens is 1. The summed E-state index contributed by atoms with van der Waals surface area (Å²) in [5.41, 5.74) is 0.538. The van der Waals surface area contributed by atoms with Crippen LogP contribution in [-0.4, -0.2) is 77.5 Å². The number of carbonyl (C=O) groups is 2. The Balaban J connectivity index is 0.911. The van der Waals surface area contributed by atoms with Gasteiger partial charge in [0.1, 0.15) is 24.2 Å². The minimum atomic E-state index is -4.83. The number of ether oxygens (including phenoxy) is 3. The molecule has 14 heteroatoms. The molecule has 5 aromatic rings. The van der Waals surface area contributed by atoms with Gasteiger partial charge < -0.3 is 34.7 Å². The molecule has 1 aromatic heterocycles. The summed E-state index contributed by atoms with van der Waals surface area (Å²) in [5.74, 6) is -1.03. The van der Waals surface area contributed by atoms with Crippen LogP contribution in [0.2, 0.25) is 0 Å². The van der Waals surface area contributed by atoms with Crippen LogP contribution in [0.15, 0.2) is 102 Å². The first-order valence-corrected chi connectivity index (χ1v) is 20.2. The van der Waals surface area contributed by atoms with Gasteiger partial charge in [-0.05, 0) is 110 Å². The second-order valence-corrected chi connectivity index (χ2v) is 15.4. The van der Waals surface area contributed by atoms with Crippen LogP contribution < -0.4 is 15.6 Å². The third-order valence-corrected chi connectivity index (χ3v) is 11.3. The molecule has 0 saturated carbocycles. The van der Waals surface area contributed by atoms with Crippen LogP contribution in [0.4, 0.5) is 13.2 Å². The zero-order valence-corrected chi connectivity index (χ0v) is 33.0. The number of unbranched alkanes of at least 4 members (excludes halogenated alkanes) is 1. The van der Waals surface area contributed by atoms with Crippen molar-refractivity contribution in [1.29, 1.82) is 0 Å². The van der Waals surface area contributed by atoms with E-state index in [0.717, 1.165) is 55.7 Å². The monoisotopic (exact) mass is 827 g/mol. The van der Waals surface area contributed by atoms with Crippen molar-refractivity contribution in [3.05, 3.63) is 141 Å². The van der Waals surface area contributed by atoms with Gasteiger partial charge in [-0.25, -0.2) is 4.79 Å². The number of aromatic nitrogens is 1. The molecule has 3 atom stereocenters. The number of piperidine rings is 3. The molecule has 3 saturated heterocycles. The van der Waals surface area contributed by atoms with Gasteiger partial charge >= 0.3 is 18.1 Å². The van der Waals surface area contributed by atoms with Crippen molar-refractivity contribution in [2.24, 2.45) is 5.92 Å². The number of aromatic hydroxyl groups is 1. The summed E-state index contributed by atoms with van der Waals surface area (Å²) in [6.07, 6.45) is -2.86. The van der Waals surface area contributed by atoms with Crippen LogP contribution >= 0.6 is 0 Å². The highest BCUT2D eigenvalue weighted by Crippen LogP contribution is 2.36. The number of hydrogen-bond acceptors (Lipinski definition) is 10. The Labute approximate surface area is 345 Å². The number of esters is 2. The zero-order chi connectivity index (χ0) is 42.2. The fraction of sp³-hybridized carbons (Fsp3) is 0.370. The topological polar surface area (TPSA) is 150 Å². The first kappa shape index (κ1) is 42.4. The van der Waals surface area contributed by atoms with Gasteiger partial charge in [-0.15, -0.1) is 0 Å². The molecule has 8 rings (SSSR count). The highest BCUT2D eigenvalue weighted by atomic mass is 19.4. The third kappa shape index (κ3) is 10.5. The Morgan fingerprint density at radius 2 is 1.70 bits per heavy atom. The Morgan fingerprint density at radius 1 is 0.917 bits per heavy atom. The molecule has 3 aliphatic rings. The SMILES string of the molecule is O=C(C[C@@H](c1ccccc1)c1cccc(OCc2ccc(C(=O)OCCCCNC[C@H](O)c3ccc(O)c4[nH]c(=O)ccc34)c(C(F)(F)F)c2)c1)O[C@H]1CN2CCC1CC2. The number of rotatable bonds is 17. The molecule has 2 bridgehead atoms. The quantitative estimate of drug-likeness (QED) is 0.0558. The summed E-state index contributed by atoms with van der Waals surface area (Å²) in [6.45, 7) is 3.10. The summed E-state index contributed by atoms with van der Waals surface area (Å²) in [5, 5.41) is 24.4. The lowest BCUT2D eigenvalue weighted by Crippen LogP contribution is -2.52. The molecule has 0 amide bonds. The Bertz CT molecular complexity index is 2330. The number of benzene rings is 4. The molecule has 11 nitrogen and oxygen atoms in total. The van der Waals surface area contributed by atoms with Gasteiger partial charge in [0.25, 0.3) is 0 Å². The van der Waals surface area contributed by atoms with E-state index in [1.165, 1.54) is 24.3 Å². The van der Waals surface area contributed by atoms with Crippen molar-refractivity contribution < 1.29 is 47.2 Å². The van der Waals surface area contributed by atoms with Crippen molar-refractivity contribution in [3.8, 4) is 11.5 Å². The van der Waals surface area contributed by atoms with Crippen molar-refractivity contribution in [3.63, 3.8) is 0 Å². The van der Waals surface area contributed by atoms with Crippen LogP contribution in [-0.2, 0) is 27.1 Å².